The van der Waals surface area contributed by atoms with Gasteiger partial charge in [-0.25, -0.2) is 0 Å². The lowest BCUT2D eigenvalue weighted by atomic mass is 10.0. The average Bonchev–Trinajstić information content (AvgIpc) is 2.49. The third-order valence-corrected chi connectivity index (χ3v) is 3.56. The van der Waals surface area contributed by atoms with E-state index in [1.807, 2.05) is 6.92 Å². The maximum absolute atomic E-state index is 12.6. The van der Waals surface area contributed by atoms with E-state index in [2.05, 4.69) is 0 Å². The highest BCUT2D eigenvalue weighted by Gasteiger charge is 2.17. The first-order valence-electron chi connectivity index (χ1n) is 6.30. The number of carbonyl (C=O) groups is 1. The second-order valence-corrected chi connectivity index (χ2v) is 4.99. The molecule has 0 fully saturated rings. The molecule has 0 aliphatic heterocycles. The Labute approximate surface area is 128 Å². The molecule has 0 atom stereocenters. The van der Waals surface area contributed by atoms with Gasteiger partial charge in [-0.3, -0.25) is 4.79 Å². The molecule has 5 heteroatoms. The average molecular weight is 306 g/mol. The van der Waals surface area contributed by atoms with Gasteiger partial charge in [-0.05, 0) is 36.8 Å². The van der Waals surface area contributed by atoms with Crippen molar-refractivity contribution in [3.63, 3.8) is 0 Å². The fourth-order valence-electron chi connectivity index (χ4n) is 2.00. The van der Waals surface area contributed by atoms with Crippen LogP contribution in [0.1, 0.15) is 21.5 Å². The molecule has 110 valence electrons. The van der Waals surface area contributed by atoms with Crippen LogP contribution in [0.25, 0.3) is 0 Å². The Kier molecular flexibility index (Phi) is 4.38. The van der Waals surface area contributed by atoms with Gasteiger partial charge in [0.05, 0.1) is 19.2 Å². The molecule has 0 aliphatic carbocycles. The molecule has 0 radical (unpaired) electrons. The van der Waals surface area contributed by atoms with E-state index in [4.69, 9.17) is 26.8 Å². The van der Waals surface area contributed by atoms with Crippen LogP contribution in [0.4, 0.5) is 5.69 Å². The molecule has 2 rings (SSSR count). The van der Waals surface area contributed by atoms with Crippen LogP contribution < -0.4 is 15.2 Å². The molecule has 0 saturated carbocycles. The summed E-state index contributed by atoms with van der Waals surface area (Å²) in [5.41, 5.74) is 8.14. The lowest BCUT2D eigenvalue weighted by molar-refractivity contribution is 0.103. The first-order chi connectivity index (χ1) is 9.97. The minimum atomic E-state index is -0.191. The van der Waals surface area contributed by atoms with Gasteiger partial charge in [-0.2, -0.15) is 0 Å². The Hall–Kier alpha value is -2.20. The van der Waals surface area contributed by atoms with Gasteiger partial charge in [0, 0.05) is 22.9 Å². The van der Waals surface area contributed by atoms with E-state index in [0.717, 1.165) is 5.56 Å². The number of aryl methyl sites for hydroxylation is 1. The molecule has 0 saturated heterocycles. The Morgan fingerprint density at radius 1 is 1.10 bits per heavy atom. The minimum absolute atomic E-state index is 0.191. The number of nitrogens with two attached hydrogens (primary N) is 1. The molecular formula is C16H16ClNO3. The number of hydrogen-bond acceptors (Lipinski definition) is 4. The summed E-state index contributed by atoms with van der Waals surface area (Å²) < 4.78 is 10.4. The van der Waals surface area contributed by atoms with E-state index in [0.29, 0.717) is 33.3 Å². The predicted molar refractivity (Wildman–Crippen MR) is 83.6 cm³/mol. The summed E-state index contributed by atoms with van der Waals surface area (Å²) in [7, 11) is 3.02. The topological polar surface area (TPSA) is 61.5 Å². The second kappa shape index (κ2) is 6.06. The van der Waals surface area contributed by atoms with Crippen molar-refractivity contribution in [3.8, 4) is 11.5 Å². The smallest absolute Gasteiger partial charge is 0.194 e. The van der Waals surface area contributed by atoms with Crippen molar-refractivity contribution >= 4 is 23.1 Å². The van der Waals surface area contributed by atoms with Gasteiger partial charge in [-0.15, -0.1) is 0 Å². The molecule has 0 aromatic heterocycles. The van der Waals surface area contributed by atoms with Crippen molar-refractivity contribution in [2.75, 3.05) is 20.0 Å². The molecule has 0 heterocycles. The molecule has 21 heavy (non-hydrogen) atoms. The van der Waals surface area contributed by atoms with E-state index in [1.54, 1.807) is 30.3 Å². The van der Waals surface area contributed by atoms with Crippen LogP contribution in [0.3, 0.4) is 0 Å². The lowest BCUT2D eigenvalue weighted by Gasteiger charge is -2.11. The first kappa shape index (κ1) is 15.2. The van der Waals surface area contributed by atoms with Gasteiger partial charge in [0.25, 0.3) is 0 Å². The molecule has 2 aromatic rings. The van der Waals surface area contributed by atoms with Gasteiger partial charge >= 0.3 is 0 Å². The lowest BCUT2D eigenvalue weighted by Crippen LogP contribution is -2.05. The normalized spacial score (nSPS) is 10.3. The second-order valence-electron chi connectivity index (χ2n) is 4.59. The third-order valence-electron chi connectivity index (χ3n) is 3.25. The summed E-state index contributed by atoms with van der Waals surface area (Å²) in [4.78, 5) is 12.6. The van der Waals surface area contributed by atoms with Gasteiger partial charge in [0.2, 0.25) is 0 Å². The van der Waals surface area contributed by atoms with Gasteiger partial charge in [0.1, 0.15) is 0 Å². The predicted octanol–water partition coefficient (Wildman–Crippen LogP) is 3.48. The van der Waals surface area contributed by atoms with Crippen molar-refractivity contribution in [2.45, 2.75) is 6.92 Å². The summed E-state index contributed by atoms with van der Waals surface area (Å²) in [6.07, 6.45) is 0. The van der Waals surface area contributed by atoms with E-state index in [-0.39, 0.29) is 5.78 Å². The van der Waals surface area contributed by atoms with Crippen LogP contribution in [0.2, 0.25) is 5.02 Å². The number of methoxy groups -OCH3 is 2. The fourth-order valence-corrected chi connectivity index (χ4v) is 2.24. The fraction of sp³-hybridized carbons (Fsp3) is 0.188. The van der Waals surface area contributed by atoms with Crippen molar-refractivity contribution < 1.29 is 14.3 Å². The SMILES string of the molecule is COc1cc(Cl)c(C(=O)c2ccc(N)c(C)c2)cc1OC. The molecule has 0 bridgehead atoms. The molecule has 0 aliphatic rings. The molecule has 0 unspecified atom stereocenters. The van der Waals surface area contributed by atoms with Crippen molar-refractivity contribution in [1.29, 1.82) is 0 Å². The number of benzene rings is 2. The summed E-state index contributed by atoms with van der Waals surface area (Å²) in [6, 6.07) is 8.27. The van der Waals surface area contributed by atoms with Crippen LogP contribution in [-0.4, -0.2) is 20.0 Å². The summed E-state index contributed by atoms with van der Waals surface area (Å²) >= 11 is 6.17. The quantitative estimate of drug-likeness (QED) is 0.694. The highest BCUT2D eigenvalue weighted by atomic mass is 35.5. The molecule has 2 aromatic carbocycles. The number of hydrogen-bond donors (Lipinski definition) is 1. The number of ether oxygens (including phenoxy) is 2. The number of rotatable bonds is 4. The molecule has 0 amide bonds. The zero-order valence-corrected chi connectivity index (χ0v) is 12.8. The number of ketones is 1. The van der Waals surface area contributed by atoms with Crippen LogP contribution >= 0.6 is 11.6 Å². The minimum Gasteiger partial charge on any atom is -0.493 e. The largest absolute Gasteiger partial charge is 0.493 e. The van der Waals surface area contributed by atoms with Crippen LogP contribution in [0, 0.1) is 6.92 Å². The van der Waals surface area contributed by atoms with Gasteiger partial charge in [0.15, 0.2) is 17.3 Å². The zero-order valence-electron chi connectivity index (χ0n) is 12.1. The van der Waals surface area contributed by atoms with Crippen molar-refractivity contribution in [1.82, 2.24) is 0 Å². The molecular weight excluding hydrogens is 290 g/mol. The zero-order chi connectivity index (χ0) is 15.6. The van der Waals surface area contributed by atoms with Crippen LogP contribution in [0.15, 0.2) is 30.3 Å². The third kappa shape index (κ3) is 2.95. The van der Waals surface area contributed by atoms with Crippen LogP contribution in [0.5, 0.6) is 11.5 Å². The van der Waals surface area contributed by atoms with Gasteiger partial charge in [-0.1, -0.05) is 11.6 Å². The summed E-state index contributed by atoms with van der Waals surface area (Å²) in [6.45, 7) is 1.85. The number of anilines is 1. The van der Waals surface area contributed by atoms with Gasteiger partial charge < -0.3 is 15.2 Å². The first-order valence-corrected chi connectivity index (χ1v) is 6.68. The van der Waals surface area contributed by atoms with E-state index >= 15 is 0 Å². The number of nitrogen functional groups attached to an aromatic ring is 1. The van der Waals surface area contributed by atoms with E-state index in [9.17, 15) is 4.79 Å². The Morgan fingerprint density at radius 2 is 1.71 bits per heavy atom. The standard InChI is InChI=1S/C16H16ClNO3/c1-9-6-10(4-5-13(9)18)16(19)11-7-14(20-2)15(21-3)8-12(11)17/h4-8H,18H2,1-3H3. The molecule has 2 N–H and O–H groups in total. The van der Waals surface area contributed by atoms with Crippen LogP contribution in [-0.2, 0) is 0 Å². The van der Waals surface area contributed by atoms with E-state index < -0.39 is 0 Å². The van der Waals surface area contributed by atoms with Crippen molar-refractivity contribution in [3.05, 3.63) is 52.0 Å². The Balaban J connectivity index is 2.50. The highest BCUT2D eigenvalue weighted by molar-refractivity contribution is 6.35. The molecule has 0 spiro atoms. The monoisotopic (exact) mass is 305 g/mol. The van der Waals surface area contributed by atoms with Crippen molar-refractivity contribution in [2.24, 2.45) is 0 Å². The maximum Gasteiger partial charge on any atom is 0.194 e. The Morgan fingerprint density at radius 3 is 2.29 bits per heavy atom. The number of carbonyl (C=O) groups excluding carboxylic acids is 1. The maximum atomic E-state index is 12.6. The highest BCUT2D eigenvalue weighted by Crippen LogP contribution is 2.34. The summed E-state index contributed by atoms with van der Waals surface area (Å²) in [5, 5.41) is 0.312. The van der Waals surface area contributed by atoms with E-state index in [1.165, 1.54) is 14.2 Å². The molecule has 4 nitrogen and oxygen atoms in total. The summed E-state index contributed by atoms with van der Waals surface area (Å²) in [5.74, 6) is 0.744. The number of halogens is 1. The Bertz CT molecular complexity index is 698.